The van der Waals surface area contributed by atoms with Gasteiger partial charge in [-0.25, -0.2) is 9.18 Å². The fourth-order valence-electron chi connectivity index (χ4n) is 3.08. The summed E-state index contributed by atoms with van der Waals surface area (Å²) in [5.41, 5.74) is 0.410. The number of carbonyl (C=O) groups excluding carboxylic acids is 3. The number of ether oxygens (including phenoxy) is 1. The van der Waals surface area contributed by atoms with Crippen molar-refractivity contribution < 1.29 is 23.5 Å². The molecule has 1 aromatic carbocycles. The van der Waals surface area contributed by atoms with E-state index in [4.69, 9.17) is 4.74 Å². The smallest absolute Gasteiger partial charge is 0.330 e. The van der Waals surface area contributed by atoms with Crippen LogP contribution in [-0.4, -0.2) is 45.5 Å². The van der Waals surface area contributed by atoms with Crippen LogP contribution in [0.2, 0.25) is 0 Å². The monoisotopic (exact) mass is 366 g/mol. The maximum Gasteiger partial charge on any atom is 0.330 e. The number of halogens is 1. The van der Waals surface area contributed by atoms with E-state index in [1.54, 1.807) is 16.7 Å². The standard InChI is InChI=1S/C17H19FN2O4S/c1-10(15(22)19-12-5-3-11(18)4-6-12)24-16(23)13-9-25-17(2)8-7-14(21)20(13)17/h3-6,10,13H,7-9H2,1-2H3,(H,19,22)/t10-,13-,17+/m0/s1. The molecule has 0 saturated carbocycles. The summed E-state index contributed by atoms with van der Waals surface area (Å²) in [7, 11) is 0. The van der Waals surface area contributed by atoms with E-state index in [0.717, 1.165) is 0 Å². The predicted molar refractivity (Wildman–Crippen MR) is 91.3 cm³/mol. The minimum atomic E-state index is -1.02. The Kier molecular flexibility index (Phi) is 4.73. The highest BCUT2D eigenvalue weighted by atomic mass is 32.2. The van der Waals surface area contributed by atoms with Crippen molar-refractivity contribution in [2.24, 2.45) is 0 Å². The molecule has 0 bridgehead atoms. The molecule has 134 valence electrons. The Morgan fingerprint density at radius 3 is 2.76 bits per heavy atom. The second-order valence-electron chi connectivity index (χ2n) is 6.34. The van der Waals surface area contributed by atoms with Crippen molar-refractivity contribution in [1.29, 1.82) is 0 Å². The first kappa shape index (κ1) is 17.7. The van der Waals surface area contributed by atoms with E-state index in [1.807, 2.05) is 6.92 Å². The molecule has 8 heteroatoms. The van der Waals surface area contributed by atoms with E-state index >= 15 is 0 Å². The number of carbonyl (C=O) groups is 3. The molecule has 0 unspecified atom stereocenters. The lowest BCUT2D eigenvalue weighted by atomic mass is 10.2. The molecule has 0 radical (unpaired) electrons. The molecule has 2 fully saturated rings. The van der Waals surface area contributed by atoms with E-state index in [1.165, 1.54) is 31.2 Å². The first-order valence-corrected chi connectivity index (χ1v) is 9.02. The number of fused-ring (bicyclic) bond motifs is 1. The van der Waals surface area contributed by atoms with Gasteiger partial charge in [-0.2, -0.15) is 0 Å². The molecule has 2 amide bonds. The van der Waals surface area contributed by atoms with Gasteiger partial charge in [-0.15, -0.1) is 11.8 Å². The molecular weight excluding hydrogens is 347 g/mol. The Morgan fingerprint density at radius 1 is 1.40 bits per heavy atom. The Morgan fingerprint density at radius 2 is 2.08 bits per heavy atom. The molecule has 0 spiro atoms. The van der Waals surface area contributed by atoms with Gasteiger partial charge in [0.2, 0.25) is 5.91 Å². The summed E-state index contributed by atoms with van der Waals surface area (Å²) >= 11 is 1.56. The molecule has 6 nitrogen and oxygen atoms in total. The minimum Gasteiger partial charge on any atom is -0.451 e. The molecular formula is C17H19FN2O4S. The third-order valence-corrected chi connectivity index (χ3v) is 6.00. The SMILES string of the molecule is C[C@H](OC(=O)[C@@H]1CS[C@]2(C)CCC(=O)N12)C(=O)Nc1ccc(F)cc1. The van der Waals surface area contributed by atoms with Crippen molar-refractivity contribution in [1.82, 2.24) is 4.90 Å². The normalized spacial score (nSPS) is 26.3. The van der Waals surface area contributed by atoms with Crippen LogP contribution < -0.4 is 5.32 Å². The summed E-state index contributed by atoms with van der Waals surface area (Å²) in [6.45, 7) is 3.41. The number of benzene rings is 1. The number of thioether (sulfide) groups is 1. The molecule has 3 atom stereocenters. The fourth-order valence-corrected chi connectivity index (χ4v) is 4.50. The Balaban J connectivity index is 1.59. The largest absolute Gasteiger partial charge is 0.451 e. The lowest BCUT2D eigenvalue weighted by Crippen LogP contribution is -2.48. The highest BCUT2D eigenvalue weighted by Crippen LogP contribution is 2.47. The van der Waals surface area contributed by atoms with Crippen LogP contribution in [0, 0.1) is 5.82 Å². The third kappa shape index (κ3) is 3.49. The van der Waals surface area contributed by atoms with Gasteiger partial charge < -0.3 is 15.0 Å². The minimum absolute atomic E-state index is 0.0575. The summed E-state index contributed by atoms with van der Waals surface area (Å²) < 4.78 is 18.1. The molecule has 2 saturated heterocycles. The lowest BCUT2D eigenvalue weighted by Gasteiger charge is -2.29. The second-order valence-corrected chi connectivity index (χ2v) is 7.84. The molecule has 3 rings (SSSR count). The molecule has 0 aromatic heterocycles. The zero-order valence-corrected chi connectivity index (χ0v) is 14.8. The van der Waals surface area contributed by atoms with Gasteiger partial charge >= 0.3 is 5.97 Å². The van der Waals surface area contributed by atoms with Crippen molar-refractivity contribution >= 4 is 35.2 Å². The number of hydrogen-bond donors (Lipinski definition) is 1. The Bertz CT molecular complexity index is 711. The van der Waals surface area contributed by atoms with Crippen LogP contribution in [0.25, 0.3) is 0 Å². The summed E-state index contributed by atoms with van der Waals surface area (Å²) in [5, 5.41) is 2.56. The van der Waals surface area contributed by atoms with Crippen molar-refractivity contribution in [3.05, 3.63) is 30.1 Å². The number of esters is 1. The zero-order valence-electron chi connectivity index (χ0n) is 14.0. The Hall–Kier alpha value is -2.09. The van der Waals surface area contributed by atoms with Crippen molar-refractivity contribution in [3.63, 3.8) is 0 Å². The highest BCUT2D eigenvalue weighted by molar-refractivity contribution is 8.01. The van der Waals surface area contributed by atoms with Crippen LogP contribution in [-0.2, 0) is 19.1 Å². The Labute approximate surface area is 149 Å². The number of rotatable bonds is 4. The molecule has 1 N–H and O–H groups in total. The number of anilines is 1. The fraction of sp³-hybridized carbons (Fsp3) is 0.471. The third-order valence-electron chi connectivity index (χ3n) is 4.49. The first-order chi connectivity index (χ1) is 11.8. The zero-order chi connectivity index (χ0) is 18.2. The number of nitrogens with zero attached hydrogens (tertiary/aromatic N) is 1. The second kappa shape index (κ2) is 6.67. The summed E-state index contributed by atoms with van der Waals surface area (Å²) in [6, 6.07) is 4.63. The van der Waals surface area contributed by atoms with Gasteiger partial charge in [-0.3, -0.25) is 9.59 Å². The van der Waals surface area contributed by atoms with E-state index < -0.39 is 29.8 Å². The van der Waals surface area contributed by atoms with Gasteiger partial charge in [0.15, 0.2) is 6.10 Å². The van der Waals surface area contributed by atoms with E-state index in [2.05, 4.69) is 5.32 Å². The van der Waals surface area contributed by atoms with Gasteiger partial charge in [-0.1, -0.05) is 0 Å². The molecule has 2 aliphatic heterocycles. The van der Waals surface area contributed by atoms with E-state index in [-0.39, 0.29) is 10.8 Å². The average molecular weight is 366 g/mol. The maximum atomic E-state index is 12.9. The summed E-state index contributed by atoms with van der Waals surface area (Å²) in [5.74, 6) is -1.09. The van der Waals surface area contributed by atoms with Crippen LogP contribution >= 0.6 is 11.8 Å². The van der Waals surface area contributed by atoms with E-state index in [0.29, 0.717) is 24.3 Å². The van der Waals surface area contributed by atoms with Gasteiger partial charge in [-0.05, 0) is 44.5 Å². The highest BCUT2D eigenvalue weighted by Gasteiger charge is 2.53. The number of hydrogen-bond acceptors (Lipinski definition) is 5. The van der Waals surface area contributed by atoms with Crippen LogP contribution in [0.3, 0.4) is 0 Å². The molecule has 0 aliphatic carbocycles. The topological polar surface area (TPSA) is 75.7 Å². The summed E-state index contributed by atoms with van der Waals surface area (Å²) in [6.07, 6.45) is 0.113. The van der Waals surface area contributed by atoms with Crippen LogP contribution in [0.15, 0.2) is 24.3 Å². The molecule has 25 heavy (non-hydrogen) atoms. The predicted octanol–water partition coefficient (Wildman–Crippen LogP) is 2.15. The van der Waals surface area contributed by atoms with Crippen LogP contribution in [0.5, 0.6) is 0 Å². The summed E-state index contributed by atoms with van der Waals surface area (Å²) in [4.78, 5) is 37.8. The maximum absolute atomic E-state index is 12.9. The van der Waals surface area contributed by atoms with Gasteiger partial charge in [0.1, 0.15) is 11.9 Å². The lowest BCUT2D eigenvalue weighted by molar-refractivity contribution is -0.160. The molecule has 2 heterocycles. The average Bonchev–Trinajstić information content (AvgIpc) is 3.06. The van der Waals surface area contributed by atoms with E-state index in [9.17, 15) is 18.8 Å². The number of amides is 2. The molecule has 1 aromatic rings. The number of nitrogens with one attached hydrogen (secondary N) is 1. The first-order valence-electron chi connectivity index (χ1n) is 8.03. The van der Waals surface area contributed by atoms with Gasteiger partial charge in [0.25, 0.3) is 5.91 Å². The van der Waals surface area contributed by atoms with Gasteiger partial charge in [0, 0.05) is 17.9 Å². The van der Waals surface area contributed by atoms with Gasteiger partial charge in [0.05, 0.1) is 4.87 Å². The van der Waals surface area contributed by atoms with Crippen LogP contribution in [0.4, 0.5) is 10.1 Å². The molecule has 2 aliphatic rings. The van der Waals surface area contributed by atoms with Crippen molar-refractivity contribution in [3.8, 4) is 0 Å². The van der Waals surface area contributed by atoms with Crippen LogP contribution in [0.1, 0.15) is 26.7 Å². The van der Waals surface area contributed by atoms with Crippen molar-refractivity contribution in [2.45, 2.75) is 43.7 Å². The van der Waals surface area contributed by atoms with Crippen molar-refractivity contribution in [2.75, 3.05) is 11.1 Å². The quantitative estimate of drug-likeness (QED) is 0.827.